The third-order valence-corrected chi connectivity index (χ3v) is 19.2. The van der Waals surface area contributed by atoms with Crippen LogP contribution in [0.2, 0.25) is 22.2 Å². The first-order valence-electron chi connectivity index (χ1n) is 16.1. The van der Waals surface area contributed by atoms with Gasteiger partial charge in [-0.3, -0.25) is 24.5 Å². The van der Waals surface area contributed by atoms with Crippen LogP contribution in [0.3, 0.4) is 0 Å². The predicted molar refractivity (Wildman–Crippen MR) is 176 cm³/mol. The molecule has 256 valence electrons. The van der Waals surface area contributed by atoms with E-state index in [-0.39, 0.29) is 41.1 Å². The molecule has 0 bridgehead atoms. The lowest BCUT2D eigenvalue weighted by molar-refractivity contribution is -0.384. The summed E-state index contributed by atoms with van der Waals surface area (Å²) in [4.78, 5) is 37.8. The molecule has 3 heterocycles. The van der Waals surface area contributed by atoms with Gasteiger partial charge in [-0.05, 0) is 41.1 Å². The van der Waals surface area contributed by atoms with E-state index in [2.05, 4.69) is 60.4 Å². The lowest BCUT2D eigenvalue weighted by Crippen LogP contribution is -2.66. The standard InChI is InChI=1S/C31H49N3O10Si2/c1-19(2)45(20(3)4)40-18-26-28(43-46(44-45,21(5)6)22(7)8)29(30(42-26)33-16-14-27(35)32-31(33)36)41-23(9)39-17-15-24-10-12-25(13-11-24)34(37)38/h10-14,16,19-23,26,28-30H,15,17-18H2,1-9H3,(H,32,35,36)/t23?,26-,28-,29-,30-/m1/s1. The summed E-state index contributed by atoms with van der Waals surface area (Å²) in [5.74, 6) is 0. The highest BCUT2D eigenvalue weighted by molar-refractivity contribution is 6.84. The fraction of sp³-hybridized carbons (Fsp3) is 0.677. The Morgan fingerprint density at radius 2 is 1.57 bits per heavy atom. The Balaban J connectivity index is 1.66. The summed E-state index contributed by atoms with van der Waals surface area (Å²) >= 11 is 0. The van der Waals surface area contributed by atoms with Crippen molar-refractivity contribution in [3.8, 4) is 0 Å². The molecule has 15 heteroatoms. The fourth-order valence-corrected chi connectivity index (χ4v) is 17.7. The molecule has 2 aliphatic heterocycles. The summed E-state index contributed by atoms with van der Waals surface area (Å²) in [6.07, 6.45) is -1.83. The minimum absolute atomic E-state index is 0.0250. The number of nitrogens with zero attached hydrogens (tertiary/aromatic N) is 2. The number of aromatic nitrogens is 2. The number of rotatable bonds is 12. The molecule has 4 rings (SSSR count). The first kappa shape index (κ1) is 36.3. The topological polar surface area (TPSA) is 153 Å². The van der Waals surface area contributed by atoms with Crippen molar-refractivity contribution in [3.63, 3.8) is 0 Å². The Kier molecular flexibility index (Phi) is 11.6. The molecule has 0 saturated carbocycles. The van der Waals surface area contributed by atoms with Crippen molar-refractivity contribution in [1.82, 2.24) is 9.55 Å². The molecule has 2 aromatic rings. The largest absolute Gasteiger partial charge is 0.414 e. The van der Waals surface area contributed by atoms with Gasteiger partial charge in [-0.25, -0.2) is 4.79 Å². The van der Waals surface area contributed by atoms with E-state index in [9.17, 15) is 19.7 Å². The van der Waals surface area contributed by atoms with E-state index in [4.69, 9.17) is 27.2 Å². The van der Waals surface area contributed by atoms with Crippen LogP contribution in [0.4, 0.5) is 5.69 Å². The normalized spacial score (nSPS) is 25.1. The second kappa shape index (κ2) is 14.7. The monoisotopic (exact) mass is 679 g/mol. The average Bonchev–Trinajstić information content (AvgIpc) is 3.27. The summed E-state index contributed by atoms with van der Waals surface area (Å²) in [6, 6.07) is 7.59. The summed E-state index contributed by atoms with van der Waals surface area (Å²) in [7, 11) is -5.89. The number of nitro groups is 1. The van der Waals surface area contributed by atoms with Crippen LogP contribution in [0.1, 0.15) is 74.1 Å². The molecule has 1 aromatic carbocycles. The van der Waals surface area contributed by atoms with Crippen LogP contribution in [-0.4, -0.2) is 69.4 Å². The molecule has 2 fully saturated rings. The van der Waals surface area contributed by atoms with Crippen molar-refractivity contribution in [2.75, 3.05) is 13.2 Å². The molecule has 46 heavy (non-hydrogen) atoms. The first-order chi connectivity index (χ1) is 21.6. The number of nitro benzene ring substituents is 1. The number of hydrogen-bond acceptors (Lipinski definition) is 10. The van der Waals surface area contributed by atoms with Gasteiger partial charge in [-0.2, -0.15) is 0 Å². The zero-order valence-electron chi connectivity index (χ0n) is 28.3. The Bertz CT molecular complexity index is 1430. The molecule has 0 aliphatic carbocycles. The van der Waals surface area contributed by atoms with E-state index >= 15 is 0 Å². The minimum Gasteiger partial charge on any atom is -0.414 e. The van der Waals surface area contributed by atoms with Crippen LogP contribution >= 0.6 is 0 Å². The quantitative estimate of drug-likeness (QED) is 0.136. The van der Waals surface area contributed by atoms with Crippen molar-refractivity contribution in [2.24, 2.45) is 0 Å². The molecule has 5 atom stereocenters. The van der Waals surface area contributed by atoms with Crippen LogP contribution in [0.15, 0.2) is 46.1 Å². The van der Waals surface area contributed by atoms with Crippen LogP contribution in [0.5, 0.6) is 0 Å². The molecule has 0 amide bonds. The lowest BCUT2D eigenvalue weighted by atomic mass is 10.1. The molecule has 1 aromatic heterocycles. The van der Waals surface area contributed by atoms with Gasteiger partial charge in [-0.15, -0.1) is 0 Å². The van der Waals surface area contributed by atoms with Crippen molar-refractivity contribution in [2.45, 2.75) is 122 Å². The third-order valence-electron chi connectivity index (χ3n) is 8.98. The lowest BCUT2D eigenvalue weighted by Gasteiger charge is -2.51. The highest BCUT2D eigenvalue weighted by atomic mass is 28.5. The average molecular weight is 680 g/mol. The number of fused-ring (bicyclic) bond motifs is 1. The van der Waals surface area contributed by atoms with E-state index in [1.54, 1.807) is 19.1 Å². The van der Waals surface area contributed by atoms with Crippen LogP contribution < -0.4 is 11.2 Å². The molecule has 0 spiro atoms. The molecular formula is C31H49N3O10Si2. The van der Waals surface area contributed by atoms with Crippen LogP contribution in [0, 0.1) is 10.1 Å². The number of nitrogens with one attached hydrogen (secondary N) is 1. The van der Waals surface area contributed by atoms with Crippen LogP contribution in [0.25, 0.3) is 0 Å². The maximum Gasteiger partial charge on any atom is 0.335 e. The predicted octanol–water partition coefficient (Wildman–Crippen LogP) is 5.29. The summed E-state index contributed by atoms with van der Waals surface area (Å²) in [6.45, 7) is 19.3. The number of aromatic amines is 1. The zero-order chi connectivity index (χ0) is 34.0. The van der Waals surface area contributed by atoms with Crippen molar-refractivity contribution in [3.05, 3.63) is 73.0 Å². The van der Waals surface area contributed by atoms with E-state index in [1.807, 2.05) is 0 Å². The van der Waals surface area contributed by atoms with Gasteiger partial charge < -0.3 is 27.2 Å². The van der Waals surface area contributed by atoms with Gasteiger partial charge in [0.15, 0.2) is 12.5 Å². The Hall–Kier alpha value is -2.51. The van der Waals surface area contributed by atoms with Gasteiger partial charge in [0, 0.05) is 24.4 Å². The van der Waals surface area contributed by atoms with Crippen LogP contribution in [-0.2, 0) is 33.6 Å². The maximum absolute atomic E-state index is 13.0. The summed E-state index contributed by atoms with van der Waals surface area (Å²) in [5.41, 5.74) is 0.166. The molecule has 1 unspecified atom stereocenters. The van der Waals surface area contributed by atoms with Gasteiger partial charge in [-0.1, -0.05) is 67.5 Å². The summed E-state index contributed by atoms with van der Waals surface area (Å²) < 4.78 is 41.9. The first-order valence-corrected chi connectivity index (χ1v) is 20.0. The van der Waals surface area contributed by atoms with E-state index in [0.29, 0.717) is 6.42 Å². The number of ether oxygens (including phenoxy) is 3. The Morgan fingerprint density at radius 3 is 2.11 bits per heavy atom. The highest BCUT2D eigenvalue weighted by Crippen LogP contribution is 2.48. The van der Waals surface area contributed by atoms with Gasteiger partial charge >= 0.3 is 22.8 Å². The molecular weight excluding hydrogens is 631 g/mol. The SMILES string of the molecule is CC(OCCc1ccc([N+](=O)[O-])cc1)O[C@@H]1[C@@H]2O[Si](C(C)C)(C(C)C)O[Si](C(C)C)(C(C)C)OC[C@H]2O[C@H]1n1ccc(=O)[nH]c1=O. The summed E-state index contributed by atoms with van der Waals surface area (Å²) in [5, 5.41) is 11.0. The van der Waals surface area contributed by atoms with Gasteiger partial charge in [0.05, 0.1) is 18.1 Å². The van der Waals surface area contributed by atoms with E-state index < -0.39 is 64.1 Å². The van der Waals surface area contributed by atoms with Gasteiger partial charge in [0.2, 0.25) is 0 Å². The Labute approximate surface area is 272 Å². The number of non-ortho nitro benzene ring substituents is 1. The fourth-order valence-electron chi connectivity index (χ4n) is 6.51. The maximum atomic E-state index is 13.0. The molecule has 0 radical (unpaired) electrons. The molecule has 2 saturated heterocycles. The molecule has 1 N–H and O–H groups in total. The second-order valence-electron chi connectivity index (χ2n) is 13.4. The third kappa shape index (κ3) is 7.46. The van der Waals surface area contributed by atoms with Crippen molar-refractivity contribution < 1.29 is 32.1 Å². The zero-order valence-corrected chi connectivity index (χ0v) is 30.3. The van der Waals surface area contributed by atoms with E-state index in [0.717, 1.165) is 5.56 Å². The minimum atomic E-state index is -3.05. The van der Waals surface area contributed by atoms with E-state index in [1.165, 1.54) is 29.0 Å². The smallest absolute Gasteiger partial charge is 0.335 e. The number of hydrogen-bond donors (Lipinski definition) is 1. The number of H-pyrrole nitrogens is 1. The van der Waals surface area contributed by atoms with Crippen molar-refractivity contribution >= 4 is 22.8 Å². The van der Waals surface area contributed by atoms with Gasteiger partial charge in [0.1, 0.15) is 18.3 Å². The highest BCUT2D eigenvalue weighted by Gasteiger charge is 2.62. The molecule has 13 nitrogen and oxygen atoms in total. The Morgan fingerprint density at radius 1 is 0.957 bits per heavy atom. The second-order valence-corrected chi connectivity index (χ2v) is 22.2. The number of benzene rings is 1. The molecule has 2 aliphatic rings. The van der Waals surface area contributed by atoms with Gasteiger partial charge in [0.25, 0.3) is 11.2 Å². The van der Waals surface area contributed by atoms with Crippen molar-refractivity contribution in [1.29, 1.82) is 0 Å².